The normalized spacial score (nSPS) is 21.8. The molecule has 1 aliphatic rings. The van der Waals surface area contributed by atoms with Gasteiger partial charge in [-0.2, -0.15) is 0 Å². The summed E-state index contributed by atoms with van der Waals surface area (Å²) in [6, 6.07) is 0.511. The van der Waals surface area contributed by atoms with Gasteiger partial charge in [0.2, 0.25) is 0 Å². The smallest absolute Gasteiger partial charge is 0.0897 e. The van der Waals surface area contributed by atoms with Crippen molar-refractivity contribution in [1.82, 2.24) is 5.32 Å². The van der Waals surface area contributed by atoms with E-state index in [1.165, 1.54) is 38.5 Å². The van der Waals surface area contributed by atoms with Crippen molar-refractivity contribution in [1.29, 1.82) is 0 Å². The molecular formula is C15H31NO2. The third kappa shape index (κ3) is 6.72. The van der Waals surface area contributed by atoms with Gasteiger partial charge < -0.3 is 15.2 Å². The van der Waals surface area contributed by atoms with Crippen LogP contribution in [0, 0.1) is 5.92 Å². The molecule has 2 atom stereocenters. The molecule has 0 aromatic carbocycles. The molecule has 0 bridgehead atoms. The van der Waals surface area contributed by atoms with Gasteiger partial charge in [-0.3, -0.25) is 0 Å². The largest absolute Gasteiger partial charge is 0.389 e. The molecule has 1 saturated carbocycles. The van der Waals surface area contributed by atoms with Crippen molar-refractivity contribution in [3.8, 4) is 0 Å². The van der Waals surface area contributed by atoms with Crippen molar-refractivity contribution >= 4 is 0 Å². The molecule has 0 aliphatic heterocycles. The monoisotopic (exact) mass is 257 g/mol. The minimum atomic E-state index is -0.388. The first-order valence-corrected chi connectivity index (χ1v) is 7.62. The van der Waals surface area contributed by atoms with Crippen LogP contribution in [0.15, 0.2) is 0 Å². The molecule has 0 radical (unpaired) electrons. The maximum Gasteiger partial charge on any atom is 0.0897 e. The third-order valence-corrected chi connectivity index (χ3v) is 3.90. The Hall–Kier alpha value is -0.120. The van der Waals surface area contributed by atoms with E-state index in [0.717, 1.165) is 5.92 Å². The summed E-state index contributed by atoms with van der Waals surface area (Å²) in [6.45, 7) is 7.32. The first-order valence-electron chi connectivity index (χ1n) is 7.62. The van der Waals surface area contributed by atoms with Crippen LogP contribution in [0.5, 0.6) is 0 Å². The van der Waals surface area contributed by atoms with E-state index in [2.05, 4.69) is 12.2 Å². The van der Waals surface area contributed by atoms with Gasteiger partial charge in [0.1, 0.15) is 0 Å². The van der Waals surface area contributed by atoms with Crippen molar-refractivity contribution in [3.05, 3.63) is 0 Å². The lowest BCUT2D eigenvalue weighted by Gasteiger charge is -2.25. The summed E-state index contributed by atoms with van der Waals surface area (Å²) >= 11 is 0. The van der Waals surface area contributed by atoms with Gasteiger partial charge in [0.25, 0.3) is 0 Å². The van der Waals surface area contributed by atoms with Crippen LogP contribution in [0.4, 0.5) is 0 Å². The van der Waals surface area contributed by atoms with Crippen LogP contribution in [0.3, 0.4) is 0 Å². The van der Waals surface area contributed by atoms with Gasteiger partial charge in [-0.05, 0) is 39.5 Å². The second-order valence-electron chi connectivity index (χ2n) is 5.98. The first-order chi connectivity index (χ1) is 8.59. The molecule has 0 spiro atoms. The zero-order valence-corrected chi connectivity index (χ0v) is 12.3. The van der Waals surface area contributed by atoms with E-state index >= 15 is 0 Å². The molecule has 3 heteroatoms. The lowest BCUT2D eigenvalue weighted by Crippen LogP contribution is -2.40. The number of ether oxygens (including phenoxy) is 1. The average Bonchev–Trinajstić information content (AvgIpc) is 2.62. The van der Waals surface area contributed by atoms with Gasteiger partial charge in [0.05, 0.1) is 18.8 Å². The number of aliphatic hydroxyl groups is 1. The topological polar surface area (TPSA) is 41.5 Å². The third-order valence-electron chi connectivity index (χ3n) is 3.90. The average molecular weight is 257 g/mol. The second kappa shape index (κ2) is 8.89. The van der Waals surface area contributed by atoms with Crippen LogP contribution >= 0.6 is 0 Å². The van der Waals surface area contributed by atoms with E-state index in [-0.39, 0.29) is 12.2 Å². The maximum absolute atomic E-state index is 9.81. The van der Waals surface area contributed by atoms with Crippen molar-refractivity contribution in [3.63, 3.8) is 0 Å². The molecule has 18 heavy (non-hydrogen) atoms. The molecule has 1 unspecified atom stereocenters. The van der Waals surface area contributed by atoms with Crippen molar-refractivity contribution in [2.24, 2.45) is 5.92 Å². The summed E-state index contributed by atoms with van der Waals surface area (Å²) in [5.41, 5.74) is 0. The summed E-state index contributed by atoms with van der Waals surface area (Å²) in [4.78, 5) is 0. The van der Waals surface area contributed by atoms with E-state index in [1.807, 2.05) is 13.8 Å². The number of nitrogens with one attached hydrogen (secondary N) is 1. The highest BCUT2D eigenvalue weighted by atomic mass is 16.5. The van der Waals surface area contributed by atoms with Crippen LogP contribution in [0.2, 0.25) is 0 Å². The maximum atomic E-state index is 9.81. The molecule has 2 N–H and O–H groups in total. The van der Waals surface area contributed by atoms with E-state index in [4.69, 9.17) is 4.74 Å². The Kier molecular flexibility index (Phi) is 7.87. The minimum Gasteiger partial charge on any atom is -0.389 e. The SMILES string of the molecule is CC(C)OCC(O)CN[C@H](C)C1CCCCCC1. The lowest BCUT2D eigenvalue weighted by atomic mass is 9.93. The zero-order valence-electron chi connectivity index (χ0n) is 12.3. The summed E-state index contributed by atoms with van der Waals surface area (Å²) in [5, 5.41) is 13.3. The predicted octanol–water partition coefficient (Wildman–Crippen LogP) is 2.72. The van der Waals surface area contributed by atoms with Crippen LogP contribution in [-0.4, -0.2) is 36.5 Å². The van der Waals surface area contributed by atoms with Gasteiger partial charge >= 0.3 is 0 Å². The Labute approximate surface area is 112 Å². The number of hydrogen-bond acceptors (Lipinski definition) is 3. The highest BCUT2D eigenvalue weighted by Gasteiger charge is 2.19. The van der Waals surface area contributed by atoms with E-state index in [1.54, 1.807) is 0 Å². The summed E-state index contributed by atoms with van der Waals surface area (Å²) < 4.78 is 5.41. The zero-order chi connectivity index (χ0) is 13.4. The Bertz CT molecular complexity index is 201. The molecule has 0 aromatic rings. The minimum absolute atomic E-state index is 0.193. The molecule has 1 rings (SSSR count). The van der Waals surface area contributed by atoms with Crippen LogP contribution in [0.25, 0.3) is 0 Å². The molecule has 0 saturated heterocycles. The molecule has 1 fully saturated rings. The first kappa shape index (κ1) is 15.9. The van der Waals surface area contributed by atoms with Crippen molar-refractivity contribution in [2.45, 2.75) is 77.5 Å². The van der Waals surface area contributed by atoms with Gasteiger partial charge in [-0.15, -0.1) is 0 Å². The number of aliphatic hydroxyl groups excluding tert-OH is 1. The molecule has 0 heterocycles. The van der Waals surface area contributed by atoms with Gasteiger partial charge in [0.15, 0.2) is 0 Å². The quantitative estimate of drug-likeness (QED) is 0.689. The molecule has 3 nitrogen and oxygen atoms in total. The van der Waals surface area contributed by atoms with Crippen molar-refractivity contribution < 1.29 is 9.84 Å². The van der Waals surface area contributed by atoms with Gasteiger partial charge in [-0.25, -0.2) is 0 Å². The van der Waals surface area contributed by atoms with E-state index < -0.39 is 0 Å². The summed E-state index contributed by atoms with van der Waals surface area (Å²) in [5.74, 6) is 0.783. The fourth-order valence-corrected chi connectivity index (χ4v) is 2.66. The molecule has 108 valence electrons. The fraction of sp³-hybridized carbons (Fsp3) is 1.00. The Morgan fingerprint density at radius 2 is 1.72 bits per heavy atom. The molecule has 0 aromatic heterocycles. The second-order valence-corrected chi connectivity index (χ2v) is 5.98. The predicted molar refractivity (Wildman–Crippen MR) is 75.8 cm³/mol. The van der Waals surface area contributed by atoms with Crippen LogP contribution in [-0.2, 0) is 4.74 Å². The molecule has 0 amide bonds. The number of hydrogen-bond donors (Lipinski definition) is 2. The molecule has 1 aliphatic carbocycles. The summed E-state index contributed by atoms with van der Waals surface area (Å²) in [6.07, 6.45) is 8.02. The highest BCUT2D eigenvalue weighted by Crippen LogP contribution is 2.25. The van der Waals surface area contributed by atoms with Gasteiger partial charge in [-0.1, -0.05) is 25.7 Å². The Balaban J connectivity index is 2.16. The lowest BCUT2D eigenvalue weighted by molar-refractivity contribution is 0.00488. The number of rotatable bonds is 7. The molecular weight excluding hydrogens is 226 g/mol. The van der Waals surface area contributed by atoms with Crippen LogP contribution < -0.4 is 5.32 Å². The highest BCUT2D eigenvalue weighted by molar-refractivity contribution is 4.76. The van der Waals surface area contributed by atoms with Crippen LogP contribution in [0.1, 0.15) is 59.3 Å². The Morgan fingerprint density at radius 3 is 2.28 bits per heavy atom. The van der Waals surface area contributed by atoms with E-state index in [9.17, 15) is 5.11 Å². The van der Waals surface area contributed by atoms with Gasteiger partial charge in [0, 0.05) is 12.6 Å². The fourth-order valence-electron chi connectivity index (χ4n) is 2.66. The standard InChI is InChI=1S/C15H31NO2/c1-12(2)18-11-15(17)10-16-13(3)14-8-6-4-5-7-9-14/h12-17H,4-11H2,1-3H3/t13-,15?/m1/s1. The Morgan fingerprint density at radius 1 is 1.11 bits per heavy atom. The van der Waals surface area contributed by atoms with Crippen molar-refractivity contribution in [2.75, 3.05) is 13.2 Å². The summed E-state index contributed by atoms with van der Waals surface area (Å²) in [7, 11) is 0. The van der Waals surface area contributed by atoms with E-state index in [0.29, 0.717) is 19.2 Å².